The van der Waals surface area contributed by atoms with Crippen LogP contribution in [0.25, 0.3) is 5.57 Å². The second-order valence-corrected chi connectivity index (χ2v) is 4.73. The van der Waals surface area contributed by atoms with Gasteiger partial charge < -0.3 is 5.73 Å². The molecule has 7 heteroatoms. The maximum absolute atomic E-state index is 13.2. The fourth-order valence-electron chi connectivity index (χ4n) is 2.24. The second kappa shape index (κ2) is 4.91. The van der Waals surface area contributed by atoms with E-state index in [0.717, 1.165) is 24.3 Å². The molecule has 1 aromatic carbocycles. The van der Waals surface area contributed by atoms with Gasteiger partial charge in [-0.05, 0) is 23.6 Å². The minimum absolute atomic E-state index is 0.547. The van der Waals surface area contributed by atoms with E-state index in [9.17, 15) is 26.3 Å². The van der Waals surface area contributed by atoms with E-state index in [0.29, 0.717) is 0 Å². The van der Waals surface area contributed by atoms with Crippen molar-refractivity contribution in [2.75, 3.05) is 0 Å². The molecule has 1 nitrogen and oxygen atoms in total. The Kier molecular flexibility index (Phi) is 3.65. The predicted octanol–water partition coefficient (Wildman–Crippen LogP) is 4.31. The second-order valence-electron chi connectivity index (χ2n) is 4.73. The van der Waals surface area contributed by atoms with Crippen LogP contribution in [0.2, 0.25) is 0 Å². The summed E-state index contributed by atoms with van der Waals surface area (Å²) in [7, 11) is 0. The van der Waals surface area contributed by atoms with Crippen LogP contribution in [0.4, 0.5) is 26.3 Å². The Bertz CT molecular complexity index is 596. The fraction of sp³-hybridized carbons (Fsp3) is 0.286. The van der Waals surface area contributed by atoms with Gasteiger partial charge in [0.25, 0.3) is 0 Å². The van der Waals surface area contributed by atoms with Gasteiger partial charge in [0.1, 0.15) is 5.54 Å². The smallest absolute Gasteiger partial charge is 0.314 e. The molecule has 0 radical (unpaired) electrons. The first kappa shape index (κ1) is 15.6. The first-order chi connectivity index (χ1) is 9.57. The standard InChI is InChI=1S/C14H11F6N/c15-13(16,17)11-7-2-1-5-9(11)10-6-3-4-8-12(10,21)14(18,19)20/h1-7H,8,21H2. The maximum atomic E-state index is 13.2. The summed E-state index contributed by atoms with van der Waals surface area (Å²) >= 11 is 0. The third kappa shape index (κ3) is 2.70. The zero-order chi connectivity index (χ0) is 15.9. The Morgan fingerprint density at radius 1 is 1.00 bits per heavy atom. The molecule has 1 aliphatic carbocycles. The summed E-state index contributed by atoms with van der Waals surface area (Å²) in [5, 5.41) is 0. The molecule has 0 fully saturated rings. The molecule has 0 aromatic heterocycles. The summed E-state index contributed by atoms with van der Waals surface area (Å²) in [5.41, 5.74) is 0.323. The zero-order valence-corrected chi connectivity index (χ0v) is 10.6. The van der Waals surface area contributed by atoms with Gasteiger partial charge in [0.2, 0.25) is 0 Å². The summed E-state index contributed by atoms with van der Waals surface area (Å²) in [6.07, 6.45) is -6.77. The number of allylic oxidation sites excluding steroid dienone is 2. The van der Waals surface area contributed by atoms with Crippen LogP contribution in [0.1, 0.15) is 17.5 Å². The Balaban J connectivity index is 2.65. The molecule has 0 aliphatic heterocycles. The van der Waals surface area contributed by atoms with Crippen LogP contribution < -0.4 is 5.73 Å². The monoisotopic (exact) mass is 307 g/mol. The molecule has 0 amide bonds. The zero-order valence-electron chi connectivity index (χ0n) is 10.6. The summed E-state index contributed by atoms with van der Waals surface area (Å²) in [5.74, 6) is 0. The molecule has 0 bridgehead atoms. The average Bonchev–Trinajstić information content (AvgIpc) is 2.37. The van der Waals surface area contributed by atoms with Crippen LogP contribution in [-0.2, 0) is 6.18 Å². The van der Waals surface area contributed by atoms with Crippen LogP contribution in [0.5, 0.6) is 0 Å². The molecule has 21 heavy (non-hydrogen) atoms. The lowest BCUT2D eigenvalue weighted by Gasteiger charge is -2.36. The lowest BCUT2D eigenvalue weighted by Crippen LogP contribution is -2.54. The molecule has 1 aromatic rings. The molecule has 0 saturated heterocycles. The number of alkyl halides is 6. The van der Waals surface area contributed by atoms with Gasteiger partial charge in [0.05, 0.1) is 5.56 Å². The molecule has 1 aliphatic rings. The van der Waals surface area contributed by atoms with Crippen LogP contribution in [0.3, 0.4) is 0 Å². The van der Waals surface area contributed by atoms with Gasteiger partial charge in [-0.1, -0.05) is 36.4 Å². The van der Waals surface area contributed by atoms with E-state index in [1.165, 1.54) is 18.2 Å². The fourth-order valence-corrected chi connectivity index (χ4v) is 2.24. The summed E-state index contributed by atoms with van der Waals surface area (Å²) in [6, 6.07) is 4.12. The van der Waals surface area contributed by atoms with Crippen molar-refractivity contribution in [2.45, 2.75) is 24.3 Å². The number of benzene rings is 1. The molecule has 2 rings (SSSR count). The van der Waals surface area contributed by atoms with E-state index in [-0.39, 0.29) is 0 Å². The summed E-state index contributed by atoms with van der Waals surface area (Å²) < 4.78 is 78.6. The van der Waals surface area contributed by atoms with Crippen LogP contribution in [0.15, 0.2) is 42.5 Å². The minimum Gasteiger partial charge on any atom is -0.314 e. The van der Waals surface area contributed by atoms with Crippen molar-refractivity contribution < 1.29 is 26.3 Å². The highest BCUT2D eigenvalue weighted by Gasteiger charge is 2.55. The van der Waals surface area contributed by atoms with Crippen molar-refractivity contribution in [1.82, 2.24) is 0 Å². The maximum Gasteiger partial charge on any atom is 0.416 e. The van der Waals surface area contributed by atoms with Gasteiger partial charge in [-0.25, -0.2) is 0 Å². The molecule has 0 heterocycles. The molecule has 2 N–H and O–H groups in total. The Hall–Kier alpha value is -1.76. The lowest BCUT2D eigenvalue weighted by atomic mass is 9.78. The van der Waals surface area contributed by atoms with E-state index in [1.807, 2.05) is 0 Å². The number of hydrogen-bond donors (Lipinski definition) is 1. The van der Waals surface area contributed by atoms with Crippen molar-refractivity contribution >= 4 is 5.57 Å². The third-order valence-electron chi connectivity index (χ3n) is 3.35. The summed E-state index contributed by atoms with van der Waals surface area (Å²) in [4.78, 5) is 0. The van der Waals surface area contributed by atoms with Gasteiger partial charge >= 0.3 is 12.4 Å². The Labute approximate surface area is 116 Å². The van der Waals surface area contributed by atoms with E-state index in [1.54, 1.807) is 0 Å². The Morgan fingerprint density at radius 2 is 1.62 bits per heavy atom. The van der Waals surface area contributed by atoms with E-state index < -0.39 is 41.0 Å². The van der Waals surface area contributed by atoms with Gasteiger partial charge in [0, 0.05) is 0 Å². The molecular formula is C14H11F6N. The quantitative estimate of drug-likeness (QED) is 0.769. The summed E-state index contributed by atoms with van der Waals surface area (Å²) in [6.45, 7) is 0. The van der Waals surface area contributed by atoms with Gasteiger partial charge in [0.15, 0.2) is 0 Å². The Morgan fingerprint density at radius 3 is 2.19 bits per heavy atom. The average molecular weight is 307 g/mol. The van der Waals surface area contributed by atoms with Gasteiger partial charge in [-0.15, -0.1) is 0 Å². The number of nitrogens with two attached hydrogens (primary N) is 1. The van der Waals surface area contributed by atoms with E-state index in [2.05, 4.69) is 0 Å². The predicted molar refractivity (Wildman–Crippen MR) is 66.2 cm³/mol. The van der Waals surface area contributed by atoms with Crippen molar-refractivity contribution in [3.63, 3.8) is 0 Å². The molecule has 0 saturated carbocycles. The topological polar surface area (TPSA) is 26.0 Å². The highest BCUT2D eigenvalue weighted by molar-refractivity contribution is 5.78. The van der Waals surface area contributed by atoms with Crippen molar-refractivity contribution in [3.8, 4) is 0 Å². The van der Waals surface area contributed by atoms with Crippen molar-refractivity contribution in [1.29, 1.82) is 0 Å². The number of hydrogen-bond acceptors (Lipinski definition) is 1. The molecule has 1 atom stereocenters. The van der Waals surface area contributed by atoms with Crippen molar-refractivity contribution in [2.24, 2.45) is 5.73 Å². The highest BCUT2D eigenvalue weighted by Crippen LogP contribution is 2.46. The number of rotatable bonds is 1. The largest absolute Gasteiger partial charge is 0.416 e. The minimum atomic E-state index is -4.86. The molecular weight excluding hydrogens is 296 g/mol. The van der Waals surface area contributed by atoms with E-state index >= 15 is 0 Å². The molecule has 1 unspecified atom stereocenters. The van der Waals surface area contributed by atoms with Crippen LogP contribution in [0, 0.1) is 0 Å². The third-order valence-corrected chi connectivity index (χ3v) is 3.35. The number of halogens is 6. The highest BCUT2D eigenvalue weighted by atomic mass is 19.4. The SMILES string of the molecule is NC1(C(F)(F)F)CC=CC=C1c1ccccc1C(F)(F)F. The van der Waals surface area contributed by atoms with Crippen LogP contribution in [-0.4, -0.2) is 11.7 Å². The normalized spacial score (nSPS) is 23.1. The first-order valence-corrected chi connectivity index (χ1v) is 5.97. The lowest BCUT2D eigenvalue weighted by molar-refractivity contribution is -0.168. The van der Waals surface area contributed by atoms with Crippen LogP contribution >= 0.6 is 0 Å². The molecule has 0 spiro atoms. The van der Waals surface area contributed by atoms with Gasteiger partial charge in [-0.2, -0.15) is 26.3 Å². The van der Waals surface area contributed by atoms with E-state index in [4.69, 9.17) is 5.73 Å². The van der Waals surface area contributed by atoms with Crippen molar-refractivity contribution in [3.05, 3.63) is 53.6 Å². The first-order valence-electron chi connectivity index (χ1n) is 5.97. The van der Waals surface area contributed by atoms with Gasteiger partial charge in [-0.3, -0.25) is 0 Å². The molecule has 114 valence electrons.